The molecule has 1 unspecified atom stereocenters. The first-order valence-electron chi connectivity index (χ1n) is 8.05. The van der Waals surface area contributed by atoms with Crippen molar-refractivity contribution in [3.05, 3.63) is 17.5 Å². The highest BCUT2D eigenvalue weighted by atomic mass is 16.5. The van der Waals surface area contributed by atoms with Crippen LogP contribution in [0.4, 0.5) is 0 Å². The highest BCUT2D eigenvalue weighted by molar-refractivity contribution is 5.95. The standard InChI is InChI=1S/C15H23N5O3/c1-16-15(22)11-9-17-18-14(11)12-3-2-4-20(12)13(21)10-19-5-7-23-8-6-19/h9,12H,2-8,10H2,1H3,(H,16,22)(H,17,18). The van der Waals surface area contributed by atoms with Crippen LogP contribution in [0, 0.1) is 0 Å². The Balaban J connectivity index is 1.71. The minimum absolute atomic E-state index is 0.0988. The SMILES string of the molecule is CNC(=O)c1cn[nH]c1C1CCCN1C(=O)CN1CCOCC1. The van der Waals surface area contributed by atoms with Crippen LogP contribution in [0.2, 0.25) is 0 Å². The monoisotopic (exact) mass is 321 g/mol. The van der Waals surface area contributed by atoms with Gasteiger partial charge in [-0.3, -0.25) is 19.6 Å². The number of aromatic nitrogens is 2. The molecule has 2 N–H and O–H groups in total. The number of carbonyl (C=O) groups excluding carboxylic acids is 2. The molecule has 0 aliphatic carbocycles. The van der Waals surface area contributed by atoms with Crippen LogP contribution < -0.4 is 5.32 Å². The molecule has 0 spiro atoms. The van der Waals surface area contributed by atoms with Gasteiger partial charge in [-0.1, -0.05) is 0 Å². The van der Waals surface area contributed by atoms with Crippen LogP contribution in [0.1, 0.15) is 34.9 Å². The highest BCUT2D eigenvalue weighted by Crippen LogP contribution is 2.32. The van der Waals surface area contributed by atoms with Gasteiger partial charge < -0.3 is 15.0 Å². The lowest BCUT2D eigenvalue weighted by Crippen LogP contribution is -2.44. The topological polar surface area (TPSA) is 90.6 Å². The number of nitrogens with zero attached hydrogens (tertiary/aromatic N) is 3. The minimum atomic E-state index is -0.179. The van der Waals surface area contributed by atoms with E-state index in [1.807, 2.05) is 4.90 Å². The molecular weight excluding hydrogens is 298 g/mol. The fourth-order valence-electron chi connectivity index (χ4n) is 3.27. The Morgan fingerprint density at radius 2 is 2.17 bits per heavy atom. The Kier molecular flexibility index (Phi) is 4.92. The van der Waals surface area contributed by atoms with Gasteiger partial charge in [0.15, 0.2) is 0 Å². The predicted octanol–water partition coefficient (Wildman–Crippen LogP) is -0.235. The van der Waals surface area contributed by atoms with Gasteiger partial charge in [-0.15, -0.1) is 0 Å². The number of likely N-dealkylation sites (tertiary alicyclic amines) is 1. The van der Waals surface area contributed by atoms with Gasteiger partial charge in [-0.25, -0.2) is 0 Å². The fourth-order valence-corrected chi connectivity index (χ4v) is 3.27. The second-order valence-corrected chi connectivity index (χ2v) is 5.91. The second kappa shape index (κ2) is 7.10. The average Bonchev–Trinajstić information content (AvgIpc) is 3.23. The zero-order valence-electron chi connectivity index (χ0n) is 13.4. The van der Waals surface area contributed by atoms with Gasteiger partial charge >= 0.3 is 0 Å². The number of H-pyrrole nitrogens is 1. The number of hydrogen-bond donors (Lipinski definition) is 2. The first-order chi connectivity index (χ1) is 11.2. The molecule has 8 nitrogen and oxygen atoms in total. The Morgan fingerprint density at radius 1 is 1.39 bits per heavy atom. The van der Waals surface area contributed by atoms with Gasteiger partial charge in [-0.2, -0.15) is 5.10 Å². The normalized spacial score (nSPS) is 22.3. The van der Waals surface area contributed by atoms with Crippen molar-refractivity contribution in [1.29, 1.82) is 0 Å². The van der Waals surface area contributed by atoms with Crippen LogP contribution >= 0.6 is 0 Å². The lowest BCUT2D eigenvalue weighted by atomic mass is 10.1. The Hall–Kier alpha value is -1.93. The molecule has 2 aliphatic heterocycles. The molecule has 2 aliphatic rings. The van der Waals surface area contributed by atoms with Crippen LogP contribution in [0.25, 0.3) is 0 Å². The Bertz CT molecular complexity index is 567. The number of hydrogen-bond acceptors (Lipinski definition) is 5. The largest absolute Gasteiger partial charge is 0.379 e. The summed E-state index contributed by atoms with van der Waals surface area (Å²) >= 11 is 0. The molecular formula is C15H23N5O3. The summed E-state index contributed by atoms with van der Waals surface area (Å²) in [6, 6.07) is -0.0988. The van der Waals surface area contributed by atoms with E-state index >= 15 is 0 Å². The molecule has 126 valence electrons. The van der Waals surface area contributed by atoms with Crippen LogP contribution in [-0.2, 0) is 9.53 Å². The van der Waals surface area contributed by atoms with Gasteiger partial charge in [0.25, 0.3) is 5.91 Å². The average molecular weight is 321 g/mol. The molecule has 8 heteroatoms. The molecule has 1 atom stereocenters. The first kappa shape index (κ1) is 15.9. The van der Waals surface area contributed by atoms with E-state index in [4.69, 9.17) is 4.74 Å². The van der Waals surface area contributed by atoms with Crippen molar-refractivity contribution in [1.82, 2.24) is 25.3 Å². The quantitative estimate of drug-likeness (QED) is 0.799. The minimum Gasteiger partial charge on any atom is -0.379 e. The van der Waals surface area contributed by atoms with E-state index in [-0.39, 0.29) is 17.9 Å². The summed E-state index contributed by atoms with van der Waals surface area (Å²) in [6.45, 7) is 4.06. The predicted molar refractivity (Wildman–Crippen MR) is 82.9 cm³/mol. The van der Waals surface area contributed by atoms with Gasteiger partial charge in [0.05, 0.1) is 43.3 Å². The van der Waals surface area contributed by atoms with E-state index < -0.39 is 0 Å². The van der Waals surface area contributed by atoms with E-state index in [1.165, 1.54) is 6.20 Å². The lowest BCUT2D eigenvalue weighted by Gasteiger charge is -2.30. The summed E-state index contributed by atoms with van der Waals surface area (Å²) in [5.74, 6) is -0.0758. The second-order valence-electron chi connectivity index (χ2n) is 5.91. The molecule has 1 aromatic heterocycles. The van der Waals surface area contributed by atoms with Crippen molar-refractivity contribution in [3.8, 4) is 0 Å². The maximum atomic E-state index is 12.7. The van der Waals surface area contributed by atoms with E-state index in [2.05, 4.69) is 20.4 Å². The van der Waals surface area contributed by atoms with Gasteiger partial charge in [0.2, 0.25) is 5.91 Å². The zero-order valence-corrected chi connectivity index (χ0v) is 13.4. The number of carbonyl (C=O) groups is 2. The van der Waals surface area contributed by atoms with Crippen molar-refractivity contribution >= 4 is 11.8 Å². The van der Waals surface area contributed by atoms with E-state index in [0.717, 1.165) is 38.2 Å². The summed E-state index contributed by atoms with van der Waals surface area (Å²) in [7, 11) is 1.59. The molecule has 0 saturated carbocycles. The molecule has 0 aromatic carbocycles. The molecule has 0 radical (unpaired) electrons. The number of amides is 2. The Labute approximate surface area is 135 Å². The molecule has 0 bridgehead atoms. The maximum absolute atomic E-state index is 12.7. The maximum Gasteiger partial charge on any atom is 0.254 e. The third-order valence-corrected chi connectivity index (χ3v) is 4.51. The zero-order chi connectivity index (χ0) is 16.2. The van der Waals surface area contributed by atoms with Gasteiger partial charge in [0, 0.05) is 26.7 Å². The van der Waals surface area contributed by atoms with E-state index in [9.17, 15) is 9.59 Å². The fraction of sp³-hybridized carbons (Fsp3) is 0.667. The molecule has 23 heavy (non-hydrogen) atoms. The molecule has 3 rings (SSSR count). The summed E-state index contributed by atoms with van der Waals surface area (Å²) in [5.41, 5.74) is 1.25. The number of morpholine rings is 1. The molecule has 1 aromatic rings. The smallest absolute Gasteiger partial charge is 0.254 e. The van der Waals surface area contributed by atoms with Gasteiger partial charge in [-0.05, 0) is 12.8 Å². The first-order valence-corrected chi connectivity index (χ1v) is 8.05. The van der Waals surface area contributed by atoms with Gasteiger partial charge in [0.1, 0.15) is 0 Å². The van der Waals surface area contributed by atoms with Crippen LogP contribution in [0.5, 0.6) is 0 Å². The molecule has 2 fully saturated rings. The van der Waals surface area contributed by atoms with Crippen LogP contribution in [0.15, 0.2) is 6.20 Å². The number of rotatable bonds is 4. The lowest BCUT2D eigenvalue weighted by molar-refractivity contribution is -0.134. The summed E-state index contributed by atoms with van der Waals surface area (Å²) < 4.78 is 5.32. The number of nitrogens with one attached hydrogen (secondary N) is 2. The molecule has 3 heterocycles. The van der Waals surface area contributed by atoms with Crippen molar-refractivity contribution in [2.24, 2.45) is 0 Å². The van der Waals surface area contributed by atoms with E-state index in [1.54, 1.807) is 7.05 Å². The Morgan fingerprint density at radius 3 is 2.91 bits per heavy atom. The third-order valence-electron chi connectivity index (χ3n) is 4.51. The summed E-state index contributed by atoms with van der Waals surface area (Å²) in [4.78, 5) is 28.6. The van der Waals surface area contributed by atoms with Crippen molar-refractivity contribution in [2.45, 2.75) is 18.9 Å². The molecule has 2 amide bonds. The van der Waals surface area contributed by atoms with Crippen molar-refractivity contribution in [3.63, 3.8) is 0 Å². The number of aromatic amines is 1. The highest BCUT2D eigenvalue weighted by Gasteiger charge is 2.34. The number of ether oxygens (including phenoxy) is 1. The van der Waals surface area contributed by atoms with Crippen LogP contribution in [-0.4, -0.2) is 78.3 Å². The summed E-state index contributed by atoms with van der Waals surface area (Å²) in [5, 5.41) is 9.52. The van der Waals surface area contributed by atoms with E-state index in [0.29, 0.717) is 25.3 Å². The van der Waals surface area contributed by atoms with Crippen molar-refractivity contribution in [2.75, 3.05) is 46.4 Å². The molecule has 2 saturated heterocycles. The van der Waals surface area contributed by atoms with Crippen molar-refractivity contribution < 1.29 is 14.3 Å². The summed E-state index contributed by atoms with van der Waals surface area (Å²) in [6.07, 6.45) is 3.31. The third kappa shape index (κ3) is 3.37. The van der Waals surface area contributed by atoms with Crippen LogP contribution in [0.3, 0.4) is 0 Å².